The predicted octanol–water partition coefficient (Wildman–Crippen LogP) is 2.55. The van der Waals surface area contributed by atoms with Crippen LogP contribution < -0.4 is 0 Å². The zero-order valence-corrected chi connectivity index (χ0v) is 13.1. The Kier molecular flexibility index (Phi) is 4.52. The van der Waals surface area contributed by atoms with Gasteiger partial charge in [-0.05, 0) is 50.3 Å². The molecule has 3 unspecified atom stereocenters. The van der Waals surface area contributed by atoms with Crippen molar-refractivity contribution < 1.29 is 13.5 Å². The van der Waals surface area contributed by atoms with Crippen LogP contribution in [0.1, 0.15) is 45.3 Å². The van der Waals surface area contributed by atoms with Crippen LogP contribution in [0.3, 0.4) is 0 Å². The van der Waals surface area contributed by atoms with Gasteiger partial charge in [0.25, 0.3) is 0 Å². The molecule has 0 saturated carbocycles. The molecule has 1 aliphatic heterocycles. The number of aliphatic hydroxyl groups excluding tert-OH is 1. The van der Waals surface area contributed by atoms with Crippen molar-refractivity contribution in [2.75, 3.05) is 6.54 Å². The van der Waals surface area contributed by atoms with E-state index in [4.69, 9.17) is 0 Å². The van der Waals surface area contributed by atoms with E-state index in [-0.39, 0.29) is 10.9 Å². The van der Waals surface area contributed by atoms with Gasteiger partial charge < -0.3 is 5.11 Å². The summed E-state index contributed by atoms with van der Waals surface area (Å²) in [5.41, 5.74) is 0.629. The third kappa shape index (κ3) is 2.90. The van der Waals surface area contributed by atoms with Crippen molar-refractivity contribution in [1.82, 2.24) is 4.31 Å². The van der Waals surface area contributed by atoms with E-state index >= 15 is 0 Å². The number of piperidine rings is 1. The molecular formula is C15H23NO3S. The van der Waals surface area contributed by atoms with Crippen molar-refractivity contribution in [1.29, 1.82) is 0 Å². The van der Waals surface area contributed by atoms with Crippen LogP contribution in [0.4, 0.5) is 0 Å². The molecule has 3 atom stereocenters. The normalized spacial score (nSPS) is 26.4. The van der Waals surface area contributed by atoms with Gasteiger partial charge in [-0.15, -0.1) is 0 Å². The van der Waals surface area contributed by atoms with E-state index in [2.05, 4.69) is 6.92 Å². The van der Waals surface area contributed by atoms with Crippen molar-refractivity contribution >= 4 is 10.0 Å². The van der Waals surface area contributed by atoms with Crippen LogP contribution in [-0.4, -0.2) is 30.4 Å². The molecule has 0 spiro atoms. The fourth-order valence-electron chi connectivity index (χ4n) is 2.71. The predicted molar refractivity (Wildman–Crippen MR) is 78.8 cm³/mol. The molecule has 0 amide bonds. The highest BCUT2D eigenvalue weighted by atomic mass is 32.2. The summed E-state index contributed by atoms with van der Waals surface area (Å²) in [6.45, 7) is 6.28. The molecular weight excluding hydrogens is 274 g/mol. The van der Waals surface area contributed by atoms with Crippen molar-refractivity contribution in [3.63, 3.8) is 0 Å². The Morgan fingerprint density at radius 1 is 1.35 bits per heavy atom. The summed E-state index contributed by atoms with van der Waals surface area (Å²) in [4.78, 5) is 0.275. The molecule has 20 heavy (non-hydrogen) atoms. The molecule has 1 saturated heterocycles. The first-order valence-electron chi connectivity index (χ1n) is 7.14. The summed E-state index contributed by atoms with van der Waals surface area (Å²) in [5, 5.41) is 9.61. The number of hydrogen-bond donors (Lipinski definition) is 1. The number of rotatable bonds is 3. The van der Waals surface area contributed by atoms with Gasteiger partial charge in [0, 0.05) is 12.6 Å². The van der Waals surface area contributed by atoms with Crippen molar-refractivity contribution in [2.45, 2.75) is 50.7 Å². The van der Waals surface area contributed by atoms with E-state index in [9.17, 15) is 13.5 Å². The average Bonchev–Trinajstić information content (AvgIpc) is 2.41. The van der Waals surface area contributed by atoms with Gasteiger partial charge in [-0.25, -0.2) is 8.42 Å². The number of sulfonamides is 1. The molecule has 2 rings (SSSR count). The number of nitrogens with zero attached hydrogens (tertiary/aromatic N) is 1. The van der Waals surface area contributed by atoms with Gasteiger partial charge in [0.1, 0.15) is 0 Å². The minimum atomic E-state index is -3.48. The Bertz CT molecular complexity index is 568. The monoisotopic (exact) mass is 297 g/mol. The van der Waals surface area contributed by atoms with Gasteiger partial charge in [-0.2, -0.15) is 4.31 Å². The largest absolute Gasteiger partial charge is 0.389 e. The molecule has 1 fully saturated rings. The zero-order valence-electron chi connectivity index (χ0n) is 12.3. The van der Waals surface area contributed by atoms with Crippen LogP contribution >= 0.6 is 0 Å². The minimum absolute atomic E-state index is 0.0176. The van der Waals surface area contributed by atoms with Gasteiger partial charge >= 0.3 is 0 Å². The Hall–Kier alpha value is -0.910. The molecule has 4 nitrogen and oxygen atoms in total. The minimum Gasteiger partial charge on any atom is -0.389 e. The van der Waals surface area contributed by atoms with Crippen LogP contribution in [0.5, 0.6) is 0 Å². The Balaban J connectivity index is 2.37. The van der Waals surface area contributed by atoms with Gasteiger partial charge in [0.05, 0.1) is 11.0 Å². The van der Waals surface area contributed by atoms with Crippen LogP contribution in [0.25, 0.3) is 0 Å². The SMILES string of the molecule is CC(O)c1cccc(S(=O)(=O)N2CCCC(C)C2C)c1. The van der Waals surface area contributed by atoms with Gasteiger partial charge in [-0.1, -0.05) is 19.1 Å². The summed E-state index contributed by atoms with van der Waals surface area (Å²) >= 11 is 0. The van der Waals surface area contributed by atoms with Crippen LogP contribution in [-0.2, 0) is 10.0 Å². The average molecular weight is 297 g/mol. The maximum absolute atomic E-state index is 12.8. The highest BCUT2D eigenvalue weighted by Crippen LogP contribution is 2.29. The summed E-state index contributed by atoms with van der Waals surface area (Å²) in [6.07, 6.45) is 1.31. The summed E-state index contributed by atoms with van der Waals surface area (Å²) in [6, 6.07) is 6.63. The number of benzene rings is 1. The molecule has 5 heteroatoms. The van der Waals surface area contributed by atoms with Gasteiger partial charge in [0.2, 0.25) is 10.0 Å². The summed E-state index contributed by atoms with van der Waals surface area (Å²) in [7, 11) is -3.48. The second-order valence-electron chi connectivity index (χ2n) is 5.72. The maximum Gasteiger partial charge on any atom is 0.243 e. The third-order valence-electron chi connectivity index (χ3n) is 4.26. The van der Waals surface area contributed by atoms with Crippen LogP contribution in [0, 0.1) is 5.92 Å². The Morgan fingerprint density at radius 2 is 2.05 bits per heavy atom. The molecule has 112 valence electrons. The lowest BCUT2D eigenvalue weighted by Crippen LogP contribution is -2.45. The third-order valence-corrected chi connectivity index (χ3v) is 6.25. The fourth-order valence-corrected chi connectivity index (χ4v) is 4.53. The van der Waals surface area contributed by atoms with Crippen molar-refractivity contribution in [3.8, 4) is 0 Å². The first kappa shape index (κ1) is 15.5. The maximum atomic E-state index is 12.8. The highest BCUT2D eigenvalue weighted by Gasteiger charge is 2.34. The van der Waals surface area contributed by atoms with E-state index in [1.165, 1.54) is 0 Å². The van der Waals surface area contributed by atoms with Crippen molar-refractivity contribution in [2.24, 2.45) is 5.92 Å². The molecule has 0 bridgehead atoms. The quantitative estimate of drug-likeness (QED) is 0.933. The lowest BCUT2D eigenvalue weighted by molar-refractivity contribution is 0.198. The van der Waals surface area contributed by atoms with Gasteiger partial charge in [0.15, 0.2) is 0 Å². The van der Waals surface area contributed by atoms with E-state index < -0.39 is 16.1 Å². The summed E-state index contributed by atoms with van der Waals surface area (Å²) in [5.74, 6) is 0.374. The Morgan fingerprint density at radius 3 is 2.70 bits per heavy atom. The molecule has 0 aliphatic carbocycles. The fraction of sp³-hybridized carbons (Fsp3) is 0.600. The van der Waals surface area contributed by atoms with Crippen molar-refractivity contribution in [3.05, 3.63) is 29.8 Å². The zero-order chi connectivity index (χ0) is 14.9. The smallest absolute Gasteiger partial charge is 0.243 e. The molecule has 1 aliphatic rings. The molecule has 1 N–H and O–H groups in total. The van der Waals surface area contributed by atoms with Crippen LogP contribution in [0.15, 0.2) is 29.2 Å². The molecule has 1 heterocycles. The van der Waals surface area contributed by atoms with Crippen LogP contribution in [0.2, 0.25) is 0 Å². The molecule has 0 radical (unpaired) electrons. The molecule has 0 aromatic heterocycles. The van der Waals surface area contributed by atoms with E-state index in [0.717, 1.165) is 12.8 Å². The van der Waals surface area contributed by atoms with E-state index in [1.54, 1.807) is 35.5 Å². The first-order valence-corrected chi connectivity index (χ1v) is 8.58. The second kappa shape index (κ2) is 5.84. The first-order chi connectivity index (χ1) is 9.34. The Labute approximate surface area is 121 Å². The second-order valence-corrected chi connectivity index (χ2v) is 7.61. The highest BCUT2D eigenvalue weighted by molar-refractivity contribution is 7.89. The van der Waals surface area contributed by atoms with E-state index in [0.29, 0.717) is 18.0 Å². The topological polar surface area (TPSA) is 57.6 Å². The van der Waals surface area contributed by atoms with Gasteiger partial charge in [-0.3, -0.25) is 0 Å². The summed E-state index contributed by atoms with van der Waals surface area (Å²) < 4.78 is 27.1. The standard InChI is InChI=1S/C15H23NO3S/c1-11-6-5-9-16(12(11)2)20(18,19)15-8-4-7-14(10-15)13(3)17/h4,7-8,10-13,17H,5-6,9H2,1-3H3. The molecule has 1 aromatic carbocycles. The number of hydrogen-bond acceptors (Lipinski definition) is 3. The lowest BCUT2D eigenvalue weighted by atomic mass is 9.94. The lowest BCUT2D eigenvalue weighted by Gasteiger charge is -2.36. The number of aliphatic hydroxyl groups is 1. The van der Waals surface area contributed by atoms with E-state index in [1.807, 2.05) is 6.92 Å². The molecule has 1 aromatic rings.